The number of aromatic nitrogens is 1. The summed E-state index contributed by atoms with van der Waals surface area (Å²) in [5.41, 5.74) is 0.881. The molecule has 0 atom stereocenters. The summed E-state index contributed by atoms with van der Waals surface area (Å²) < 4.78 is 10.2. The minimum atomic E-state index is -0.0675. The van der Waals surface area contributed by atoms with E-state index in [2.05, 4.69) is 15.6 Å². The summed E-state index contributed by atoms with van der Waals surface area (Å²) in [5.74, 6) is 1.35. The Morgan fingerprint density at radius 1 is 1.47 bits per heavy atom. The third-order valence-electron chi connectivity index (χ3n) is 2.26. The summed E-state index contributed by atoms with van der Waals surface area (Å²) in [4.78, 5) is 15.5. The molecule has 1 heterocycles. The van der Waals surface area contributed by atoms with E-state index in [1.54, 1.807) is 7.11 Å². The number of hydrogen-bond acceptors (Lipinski definition) is 5. The van der Waals surface area contributed by atoms with Crippen molar-refractivity contribution in [3.63, 3.8) is 0 Å². The van der Waals surface area contributed by atoms with E-state index in [1.807, 2.05) is 13.8 Å². The van der Waals surface area contributed by atoms with Gasteiger partial charge in [0.15, 0.2) is 0 Å². The third-order valence-corrected chi connectivity index (χ3v) is 2.26. The topological polar surface area (TPSA) is 76.4 Å². The van der Waals surface area contributed by atoms with Crippen LogP contribution in [0.3, 0.4) is 0 Å². The maximum absolute atomic E-state index is 11.3. The van der Waals surface area contributed by atoms with Gasteiger partial charge >= 0.3 is 0 Å². The van der Waals surface area contributed by atoms with Crippen LogP contribution in [-0.4, -0.2) is 37.7 Å². The van der Waals surface area contributed by atoms with Crippen molar-refractivity contribution in [3.05, 3.63) is 17.3 Å². The minimum absolute atomic E-state index is 0.0675. The molecule has 0 aromatic carbocycles. The highest BCUT2D eigenvalue weighted by Gasteiger charge is 2.05. The SMILES string of the molecule is COCCNC(=O)CNCc1nc(C)c(C)o1. The van der Waals surface area contributed by atoms with Crippen LogP contribution >= 0.6 is 0 Å². The van der Waals surface area contributed by atoms with E-state index in [4.69, 9.17) is 9.15 Å². The number of amides is 1. The van der Waals surface area contributed by atoms with Crippen molar-refractivity contribution < 1.29 is 13.9 Å². The number of rotatable bonds is 7. The van der Waals surface area contributed by atoms with Gasteiger partial charge in [-0.15, -0.1) is 0 Å². The summed E-state index contributed by atoms with van der Waals surface area (Å²) in [6.07, 6.45) is 0. The monoisotopic (exact) mass is 241 g/mol. The first-order chi connectivity index (χ1) is 8.13. The van der Waals surface area contributed by atoms with Gasteiger partial charge in [0.2, 0.25) is 11.8 Å². The van der Waals surface area contributed by atoms with Gasteiger partial charge < -0.3 is 14.5 Å². The Morgan fingerprint density at radius 2 is 2.24 bits per heavy atom. The van der Waals surface area contributed by atoms with E-state index in [9.17, 15) is 4.79 Å². The fraction of sp³-hybridized carbons (Fsp3) is 0.636. The van der Waals surface area contributed by atoms with Gasteiger partial charge in [-0.2, -0.15) is 0 Å². The smallest absolute Gasteiger partial charge is 0.234 e. The molecule has 0 unspecified atom stereocenters. The number of carbonyl (C=O) groups is 1. The number of nitrogens with zero attached hydrogens (tertiary/aromatic N) is 1. The van der Waals surface area contributed by atoms with Crippen LogP contribution in [-0.2, 0) is 16.1 Å². The highest BCUT2D eigenvalue weighted by atomic mass is 16.5. The average Bonchev–Trinajstić information content (AvgIpc) is 2.59. The molecule has 1 amide bonds. The van der Waals surface area contributed by atoms with Gasteiger partial charge in [-0.05, 0) is 13.8 Å². The minimum Gasteiger partial charge on any atom is -0.444 e. The van der Waals surface area contributed by atoms with E-state index in [1.165, 1.54) is 0 Å². The van der Waals surface area contributed by atoms with Crippen molar-refractivity contribution in [3.8, 4) is 0 Å². The summed E-state index contributed by atoms with van der Waals surface area (Å²) in [5, 5.41) is 5.67. The number of nitrogens with one attached hydrogen (secondary N) is 2. The maximum Gasteiger partial charge on any atom is 0.234 e. The van der Waals surface area contributed by atoms with Crippen LogP contribution < -0.4 is 10.6 Å². The lowest BCUT2D eigenvalue weighted by atomic mass is 10.4. The highest BCUT2D eigenvalue weighted by molar-refractivity contribution is 5.77. The fourth-order valence-corrected chi connectivity index (χ4v) is 1.25. The molecule has 1 aromatic heterocycles. The highest BCUT2D eigenvalue weighted by Crippen LogP contribution is 2.07. The van der Waals surface area contributed by atoms with Crippen LogP contribution in [0.4, 0.5) is 0 Å². The van der Waals surface area contributed by atoms with Crippen molar-refractivity contribution in [2.24, 2.45) is 0 Å². The third kappa shape index (κ3) is 4.97. The summed E-state index contributed by atoms with van der Waals surface area (Å²) in [6.45, 7) is 5.48. The zero-order chi connectivity index (χ0) is 12.7. The zero-order valence-corrected chi connectivity index (χ0v) is 10.5. The number of methoxy groups -OCH3 is 1. The second-order valence-corrected chi connectivity index (χ2v) is 3.70. The van der Waals surface area contributed by atoms with Crippen molar-refractivity contribution in [2.45, 2.75) is 20.4 Å². The van der Waals surface area contributed by atoms with Crippen LogP contribution in [0.5, 0.6) is 0 Å². The molecule has 0 spiro atoms. The lowest BCUT2D eigenvalue weighted by molar-refractivity contribution is -0.120. The molecule has 0 radical (unpaired) electrons. The average molecular weight is 241 g/mol. The molecule has 96 valence electrons. The molecule has 0 saturated carbocycles. The molecule has 0 aliphatic rings. The van der Waals surface area contributed by atoms with E-state index < -0.39 is 0 Å². The Morgan fingerprint density at radius 3 is 2.82 bits per heavy atom. The van der Waals surface area contributed by atoms with E-state index in [0.29, 0.717) is 25.6 Å². The molecule has 6 heteroatoms. The van der Waals surface area contributed by atoms with E-state index in [-0.39, 0.29) is 12.5 Å². The second kappa shape index (κ2) is 7.03. The van der Waals surface area contributed by atoms with E-state index >= 15 is 0 Å². The van der Waals surface area contributed by atoms with Gasteiger partial charge in [0.05, 0.1) is 25.4 Å². The van der Waals surface area contributed by atoms with Crippen molar-refractivity contribution in [2.75, 3.05) is 26.8 Å². The van der Waals surface area contributed by atoms with Gasteiger partial charge in [-0.25, -0.2) is 4.98 Å². The first kappa shape index (κ1) is 13.7. The number of ether oxygens (including phenoxy) is 1. The van der Waals surface area contributed by atoms with Crippen LogP contribution in [0.1, 0.15) is 17.3 Å². The predicted molar refractivity (Wildman–Crippen MR) is 62.6 cm³/mol. The Hall–Kier alpha value is -1.40. The largest absolute Gasteiger partial charge is 0.444 e. The molecule has 0 aliphatic heterocycles. The van der Waals surface area contributed by atoms with Crippen LogP contribution in [0, 0.1) is 13.8 Å². The number of hydrogen-bond donors (Lipinski definition) is 2. The molecule has 0 saturated heterocycles. The van der Waals surface area contributed by atoms with Gasteiger partial charge in [0.1, 0.15) is 5.76 Å². The zero-order valence-electron chi connectivity index (χ0n) is 10.5. The summed E-state index contributed by atoms with van der Waals surface area (Å²) in [6, 6.07) is 0. The first-order valence-corrected chi connectivity index (χ1v) is 5.52. The summed E-state index contributed by atoms with van der Waals surface area (Å²) >= 11 is 0. The molecule has 0 fully saturated rings. The molecular weight excluding hydrogens is 222 g/mol. The second-order valence-electron chi connectivity index (χ2n) is 3.70. The van der Waals surface area contributed by atoms with Crippen molar-refractivity contribution >= 4 is 5.91 Å². The summed E-state index contributed by atoms with van der Waals surface area (Å²) in [7, 11) is 1.59. The number of aryl methyl sites for hydroxylation is 2. The lowest BCUT2D eigenvalue weighted by Gasteiger charge is -2.04. The molecule has 1 rings (SSSR count). The molecule has 17 heavy (non-hydrogen) atoms. The Kier molecular flexibility index (Phi) is 5.65. The van der Waals surface area contributed by atoms with Crippen molar-refractivity contribution in [1.82, 2.24) is 15.6 Å². The first-order valence-electron chi connectivity index (χ1n) is 5.52. The predicted octanol–water partition coefficient (Wildman–Crippen LogP) is 0.144. The molecule has 0 bridgehead atoms. The molecule has 6 nitrogen and oxygen atoms in total. The van der Waals surface area contributed by atoms with Crippen LogP contribution in [0.2, 0.25) is 0 Å². The van der Waals surface area contributed by atoms with Gasteiger partial charge in [0, 0.05) is 13.7 Å². The normalized spacial score (nSPS) is 10.5. The molecule has 0 aliphatic carbocycles. The Bertz CT molecular complexity index is 343. The standard InChI is InChI=1S/C11H19N3O3/c1-8-9(2)17-11(14-8)7-12-6-10(15)13-4-5-16-3/h12H,4-7H2,1-3H3,(H,13,15). The number of carbonyl (C=O) groups excluding carboxylic acids is 1. The fourth-order valence-electron chi connectivity index (χ4n) is 1.25. The molecule has 1 aromatic rings. The quantitative estimate of drug-likeness (QED) is 0.664. The van der Waals surface area contributed by atoms with Crippen LogP contribution in [0.15, 0.2) is 4.42 Å². The van der Waals surface area contributed by atoms with Gasteiger partial charge in [0.25, 0.3) is 0 Å². The van der Waals surface area contributed by atoms with E-state index in [0.717, 1.165) is 11.5 Å². The lowest BCUT2D eigenvalue weighted by Crippen LogP contribution is -2.35. The Balaban J connectivity index is 2.17. The maximum atomic E-state index is 11.3. The van der Waals surface area contributed by atoms with Gasteiger partial charge in [-0.1, -0.05) is 0 Å². The molecular formula is C11H19N3O3. The van der Waals surface area contributed by atoms with Crippen molar-refractivity contribution in [1.29, 1.82) is 0 Å². The number of oxazole rings is 1. The Labute approximate surface area is 101 Å². The van der Waals surface area contributed by atoms with Gasteiger partial charge in [-0.3, -0.25) is 10.1 Å². The molecule has 2 N–H and O–H groups in total. The van der Waals surface area contributed by atoms with Crippen LogP contribution in [0.25, 0.3) is 0 Å².